The van der Waals surface area contributed by atoms with E-state index in [2.05, 4.69) is 13.8 Å². The van der Waals surface area contributed by atoms with Crippen molar-refractivity contribution in [1.82, 2.24) is 4.90 Å². The van der Waals surface area contributed by atoms with Crippen molar-refractivity contribution in [1.29, 1.82) is 0 Å². The second-order valence-electron chi connectivity index (χ2n) is 5.60. The van der Waals surface area contributed by atoms with Crippen LogP contribution in [-0.4, -0.2) is 29.5 Å². The van der Waals surface area contributed by atoms with E-state index in [1.54, 1.807) is 6.07 Å². The minimum Gasteiger partial charge on any atom is -0.493 e. The number of nitrogens with zero attached hydrogens (tertiary/aromatic N) is 1. The number of piperidine rings is 1. The molecule has 4 heteroatoms. The molecular formula is C16H24N2O2. The molecular weight excluding hydrogens is 252 g/mol. The summed E-state index contributed by atoms with van der Waals surface area (Å²) in [5.74, 6) is 0.908. The highest BCUT2D eigenvalue weighted by Gasteiger charge is 2.28. The molecule has 1 aromatic carbocycles. The van der Waals surface area contributed by atoms with Gasteiger partial charge in [-0.3, -0.25) is 4.79 Å². The Kier molecular flexibility index (Phi) is 4.88. The smallest absolute Gasteiger partial charge is 0.226 e. The standard InChI is InChI=1S/C16H24N2O2/c1-12-5-3-6-13(2)18(12)16(19)9-10-20-15-8-4-7-14(17)11-15/h4,7-8,11-13H,3,5-6,9-10,17H2,1-2H3. The number of carbonyl (C=O) groups excluding carboxylic acids is 1. The molecule has 0 spiro atoms. The average Bonchev–Trinajstić information content (AvgIpc) is 2.38. The molecule has 0 bridgehead atoms. The lowest BCUT2D eigenvalue weighted by Gasteiger charge is -2.39. The third-order valence-corrected chi connectivity index (χ3v) is 3.92. The van der Waals surface area contributed by atoms with E-state index in [-0.39, 0.29) is 5.91 Å². The molecule has 1 heterocycles. The van der Waals surface area contributed by atoms with Gasteiger partial charge < -0.3 is 15.4 Å². The topological polar surface area (TPSA) is 55.6 Å². The molecule has 0 aromatic heterocycles. The van der Waals surface area contributed by atoms with E-state index in [0.717, 1.165) is 18.6 Å². The lowest BCUT2D eigenvalue weighted by molar-refractivity contribution is -0.137. The number of amides is 1. The van der Waals surface area contributed by atoms with Gasteiger partial charge in [-0.1, -0.05) is 6.07 Å². The van der Waals surface area contributed by atoms with E-state index in [4.69, 9.17) is 10.5 Å². The second kappa shape index (κ2) is 6.64. The summed E-state index contributed by atoms with van der Waals surface area (Å²) in [6.07, 6.45) is 3.84. The van der Waals surface area contributed by atoms with E-state index in [0.29, 0.717) is 30.8 Å². The van der Waals surface area contributed by atoms with Crippen molar-refractivity contribution < 1.29 is 9.53 Å². The summed E-state index contributed by atoms with van der Waals surface area (Å²) in [5.41, 5.74) is 6.36. The number of rotatable bonds is 4. The Balaban J connectivity index is 1.82. The van der Waals surface area contributed by atoms with Crippen molar-refractivity contribution in [3.05, 3.63) is 24.3 Å². The summed E-state index contributed by atoms with van der Waals surface area (Å²) in [5, 5.41) is 0. The summed E-state index contributed by atoms with van der Waals surface area (Å²) in [6.45, 7) is 4.66. The molecule has 2 rings (SSSR count). The van der Waals surface area contributed by atoms with Crippen molar-refractivity contribution in [3.63, 3.8) is 0 Å². The maximum absolute atomic E-state index is 12.3. The number of nitrogen functional groups attached to an aromatic ring is 1. The average molecular weight is 276 g/mol. The molecule has 110 valence electrons. The molecule has 0 radical (unpaired) electrons. The van der Waals surface area contributed by atoms with Crippen molar-refractivity contribution in [3.8, 4) is 5.75 Å². The van der Waals surface area contributed by atoms with Gasteiger partial charge >= 0.3 is 0 Å². The molecule has 2 atom stereocenters. The summed E-state index contributed by atoms with van der Waals surface area (Å²) in [4.78, 5) is 14.3. The molecule has 1 aromatic rings. The van der Waals surface area contributed by atoms with Gasteiger partial charge in [0.25, 0.3) is 0 Å². The number of nitrogens with two attached hydrogens (primary N) is 1. The first-order valence-corrected chi connectivity index (χ1v) is 7.37. The van der Waals surface area contributed by atoms with Crippen molar-refractivity contribution in [2.75, 3.05) is 12.3 Å². The fourth-order valence-electron chi connectivity index (χ4n) is 2.90. The Hall–Kier alpha value is -1.71. The van der Waals surface area contributed by atoms with Crippen LogP contribution in [0.5, 0.6) is 5.75 Å². The first-order chi connectivity index (χ1) is 9.58. The van der Waals surface area contributed by atoms with Crippen LogP contribution in [0.25, 0.3) is 0 Å². The van der Waals surface area contributed by atoms with Crippen LogP contribution in [0, 0.1) is 0 Å². The molecule has 1 saturated heterocycles. The minimum absolute atomic E-state index is 0.189. The van der Waals surface area contributed by atoms with Crippen LogP contribution in [0.1, 0.15) is 39.5 Å². The van der Waals surface area contributed by atoms with Crippen molar-refractivity contribution in [2.45, 2.75) is 51.6 Å². The van der Waals surface area contributed by atoms with Crippen molar-refractivity contribution >= 4 is 11.6 Å². The molecule has 1 fully saturated rings. The predicted molar refractivity (Wildman–Crippen MR) is 80.6 cm³/mol. The van der Waals surface area contributed by atoms with Gasteiger partial charge in [-0.05, 0) is 45.2 Å². The maximum atomic E-state index is 12.3. The van der Waals surface area contributed by atoms with Gasteiger partial charge in [0, 0.05) is 23.8 Å². The second-order valence-corrected chi connectivity index (χ2v) is 5.60. The molecule has 1 aliphatic heterocycles. The van der Waals surface area contributed by atoms with Gasteiger partial charge in [-0.15, -0.1) is 0 Å². The first-order valence-electron chi connectivity index (χ1n) is 7.37. The van der Waals surface area contributed by atoms with Crippen LogP contribution in [0.2, 0.25) is 0 Å². The lowest BCUT2D eigenvalue weighted by atomic mass is 9.97. The number of anilines is 1. The van der Waals surface area contributed by atoms with Gasteiger partial charge in [0.15, 0.2) is 0 Å². The van der Waals surface area contributed by atoms with Crippen LogP contribution in [0.3, 0.4) is 0 Å². The third kappa shape index (κ3) is 3.65. The largest absolute Gasteiger partial charge is 0.493 e. The quantitative estimate of drug-likeness (QED) is 0.860. The van der Waals surface area contributed by atoms with Gasteiger partial charge in [0.2, 0.25) is 5.91 Å². The van der Waals surface area contributed by atoms with Crippen molar-refractivity contribution in [2.24, 2.45) is 0 Å². The first kappa shape index (κ1) is 14.7. The Morgan fingerprint density at radius 1 is 1.35 bits per heavy atom. The maximum Gasteiger partial charge on any atom is 0.226 e. The predicted octanol–water partition coefficient (Wildman–Crippen LogP) is 2.83. The fraction of sp³-hybridized carbons (Fsp3) is 0.562. The van der Waals surface area contributed by atoms with E-state index < -0.39 is 0 Å². The molecule has 0 aliphatic carbocycles. The molecule has 2 N–H and O–H groups in total. The summed E-state index contributed by atoms with van der Waals surface area (Å²) >= 11 is 0. The molecule has 1 amide bonds. The Bertz CT molecular complexity index is 452. The Labute approximate surface area is 120 Å². The SMILES string of the molecule is CC1CCCC(C)N1C(=O)CCOc1cccc(N)c1. The van der Waals surface area contributed by atoms with Gasteiger partial charge in [0.05, 0.1) is 13.0 Å². The minimum atomic E-state index is 0.189. The molecule has 4 nitrogen and oxygen atoms in total. The molecule has 2 unspecified atom stereocenters. The summed E-state index contributed by atoms with van der Waals surface area (Å²) in [7, 11) is 0. The molecule has 20 heavy (non-hydrogen) atoms. The van der Waals surface area contributed by atoms with E-state index in [9.17, 15) is 4.79 Å². The molecule has 1 aliphatic rings. The fourth-order valence-corrected chi connectivity index (χ4v) is 2.90. The Morgan fingerprint density at radius 2 is 2.05 bits per heavy atom. The van der Waals surface area contributed by atoms with Gasteiger partial charge in [-0.2, -0.15) is 0 Å². The summed E-state index contributed by atoms with van der Waals surface area (Å²) < 4.78 is 5.59. The van der Waals surface area contributed by atoms with E-state index in [1.165, 1.54) is 6.42 Å². The zero-order valence-electron chi connectivity index (χ0n) is 12.3. The highest BCUT2D eigenvalue weighted by atomic mass is 16.5. The number of hydrogen-bond acceptors (Lipinski definition) is 3. The van der Waals surface area contributed by atoms with E-state index in [1.807, 2.05) is 23.1 Å². The van der Waals surface area contributed by atoms with E-state index >= 15 is 0 Å². The Morgan fingerprint density at radius 3 is 2.70 bits per heavy atom. The highest BCUT2D eigenvalue weighted by molar-refractivity contribution is 5.77. The summed E-state index contributed by atoms with van der Waals surface area (Å²) in [6, 6.07) is 7.98. The number of likely N-dealkylation sites (tertiary alicyclic amines) is 1. The molecule has 0 saturated carbocycles. The van der Waals surface area contributed by atoms with Crippen LogP contribution >= 0.6 is 0 Å². The number of hydrogen-bond donors (Lipinski definition) is 1. The zero-order chi connectivity index (χ0) is 14.5. The lowest BCUT2D eigenvalue weighted by Crippen LogP contribution is -2.47. The van der Waals surface area contributed by atoms with Crippen LogP contribution in [0.4, 0.5) is 5.69 Å². The number of benzene rings is 1. The zero-order valence-corrected chi connectivity index (χ0v) is 12.3. The van der Waals surface area contributed by atoms with Crippen LogP contribution in [-0.2, 0) is 4.79 Å². The van der Waals surface area contributed by atoms with Gasteiger partial charge in [0.1, 0.15) is 5.75 Å². The van der Waals surface area contributed by atoms with Crippen LogP contribution < -0.4 is 10.5 Å². The monoisotopic (exact) mass is 276 g/mol. The number of carbonyl (C=O) groups is 1. The third-order valence-electron chi connectivity index (χ3n) is 3.92. The normalized spacial score (nSPS) is 22.6. The van der Waals surface area contributed by atoms with Crippen LogP contribution in [0.15, 0.2) is 24.3 Å². The van der Waals surface area contributed by atoms with Gasteiger partial charge in [-0.25, -0.2) is 0 Å². The highest BCUT2D eigenvalue weighted by Crippen LogP contribution is 2.23. The number of ether oxygens (including phenoxy) is 1.